The van der Waals surface area contributed by atoms with Crippen LogP contribution in [0.5, 0.6) is 5.75 Å². The van der Waals surface area contributed by atoms with Crippen molar-refractivity contribution in [3.05, 3.63) is 36.7 Å². The van der Waals surface area contributed by atoms with E-state index < -0.39 is 11.7 Å². The van der Waals surface area contributed by atoms with Crippen molar-refractivity contribution in [1.29, 1.82) is 0 Å². The fraction of sp³-hybridized carbons (Fsp3) is 0. The lowest BCUT2D eigenvalue weighted by molar-refractivity contribution is -0.114. The van der Waals surface area contributed by atoms with Gasteiger partial charge in [0, 0.05) is 5.69 Å². The van der Waals surface area contributed by atoms with Crippen LogP contribution >= 0.6 is 0 Å². The maximum absolute atomic E-state index is 12.2. The summed E-state index contributed by atoms with van der Waals surface area (Å²) in [6.07, 6.45) is 0. The number of anilines is 1. The zero-order chi connectivity index (χ0) is 9.84. The number of halogens is 1. The Bertz CT molecular complexity index is 332. The number of phenols is 1. The first-order valence-corrected chi connectivity index (χ1v) is 3.54. The average molecular weight is 181 g/mol. The number of phenolic OH excluding ortho intramolecular Hbond substituents is 1. The van der Waals surface area contributed by atoms with E-state index in [0.29, 0.717) is 5.69 Å². The van der Waals surface area contributed by atoms with Crippen molar-refractivity contribution in [2.24, 2.45) is 0 Å². The predicted molar refractivity (Wildman–Crippen MR) is 47.0 cm³/mol. The Morgan fingerprint density at radius 2 is 1.92 bits per heavy atom. The van der Waals surface area contributed by atoms with Crippen molar-refractivity contribution in [3.63, 3.8) is 0 Å². The molecule has 1 rings (SSSR count). The summed E-state index contributed by atoms with van der Waals surface area (Å²) in [6, 6.07) is 5.68. The third kappa shape index (κ3) is 2.59. The fourth-order valence-corrected chi connectivity index (χ4v) is 0.744. The van der Waals surface area contributed by atoms with Gasteiger partial charge in [-0.25, -0.2) is 4.39 Å². The number of rotatable bonds is 2. The Hall–Kier alpha value is -1.84. The number of hydrogen-bond acceptors (Lipinski definition) is 2. The summed E-state index contributed by atoms with van der Waals surface area (Å²) in [7, 11) is 0. The van der Waals surface area contributed by atoms with E-state index in [-0.39, 0.29) is 5.75 Å². The Kier molecular flexibility index (Phi) is 2.64. The molecule has 0 aromatic heterocycles. The van der Waals surface area contributed by atoms with Gasteiger partial charge in [0.2, 0.25) is 0 Å². The van der Waals surface area contributed by atoms with Crippen LogP contribution in [-0.4, -0.2) is 11.0 Å². The van der Waals surface area contributed by atoms with Crippen LogP contribution in [0.3, 0.4) is 0 Å². The number of nitrogens with one attached hydrogen (secondary N) is 1. The molecule has 1 amide bonds. The normalized spacial score (nSPS) is 9.31. The summed E-state index contributed by atoms with van der Waals surface area (Å²) in [4.78, 5) is 10.7. The van der Waals surface area contributed by atoms with Gasteiger partial charge in [0.05, 0.1) is 0 Å². The Balaban J connectivity index is 2.70. The van der Waals surface area contributed by atoms with E-state index in [1.807, 2.05) is 0 Å². The summed E-state index contributed by atoms with van der Waals surface area (Å²) in [5.74, 6) is -1.85. The van der Waals surface area contributed by atoms with Crippen molar-refractivity contribution in [3.8, 4) is 5.75 Å². The van der Waals surface area contributed by atoms with Crippen LogP contribution < -0.4 is 5.32 Å². The van der Waals surface area contributed by atoms with Gasteiger partial charge >= 0.3 is 0 Å². The summed E-state index contributed by atoms with van der Waals surface area (Å²) < 4.78 is 12.2. The number of benzene rings is 1. The van der Waals surface area contributed by atoms with Crippen LogP contribution in [0, 0.1) is 0 Å². The average Bonchev–Trinajstić information content (AvgIpc) is 2.08. The lowest BCUT2D eigenvalue weighted by Crippen LogP contribution is -2.10. The van der Waals surface area contributed by atoms with E-state index in [4.69, 9.17) is 5.11 Å². The molecule has 0 aliphatic rings. The number of aromatic hydroxyl groups is 1. The maximum atomic E-state index is 12.2. The van der Waals surface area contributed by atoms with E-state index in [1.54, 1.807) is 0 Å². The monoisotopic (exact) mass is 181 g/mol. The van der Waals surface area contributed by atoms with Crippen LogP contribution in [0.2, 0.25) is 0 Å². The largest absolute Gasteiger partial charge is 0.508 e. The molecule has 0 spiro atoms. The molecule has 0 saturated carbocycles. The Labute approximate surface area is 74.5 Å². The number of amides is 1. The predicted octanol–water partition coefficient (Wildman–Crippen LogP) is 1.81. The summed E-state index contributed by atoms with van der Waals surface area (Å²) >= 11 is 0. The molecule has 3 nitrogen and oxygen atoms in total. The molecular weight excluding hydrogens is 173 g/mol. The molecule has 1 aromatic carbocycles. The highest BCUT2D eigenvalue weighted by atomic mass is 19.1. The molecule has 0 heterocycles. The first-order chi connectivity index (χ1) is 6.09. The van der Waals surface area contributed by atoms with Gasteiger partial charge in [-0.15, -0.1) is 0 Å². The third-order valence-corrected chi connectivity index (χ3v) is 1.37. The molecule has 13 heavy (non-hydrogen) atoms. The summed E-state index contributed by atoms with van der Waals surface area (Å²) in [5, 5.41) is 11.1. The van der Waals surface area contributed by atoms with Crippen molar-refractivity contribution >= 4 is 11.6 Å². The van der Waals surface area contributed by atoms with Crippen LogP contribution in [0.4, 0.5) is 10.1 Å². The third-order valence-electron chi connectivity index (χ3n) is 1.37. The van der Waals surface area contributed by atoms with Gasteiger partial charge in [-0.05, 0) is 24.3 Å². The Morgan fingerprint density at radius 3 is 2.38 bits per heavy atom. The van der Waals surface area contributed by atoms with E-state index in [9.17, 15) is 9.18 Å². The first-order valence-electron chi connectivity index (χ1n) is 3.54. The van der Waals surface area contributed by atoms with Crippen LogP contribution in [0.25, 0.3) is 0 Å². The van der Waals surface area contributed by atoms with Crippen molar-refractivity contribution < 1.29 is 14.3 Å². The van der Waals surface area contributed by atoms with Gasteiger partial charge < -0.3 is 10.4 Å². The molecule has 0 aliphatic heterocycles. The minimum absolute atomic E-state index is 0.0806. The molecule has 2 N–H and O–H groups in total. The highest BCUT2D eigenvalue weighted by Gasteiger charge is 2.04. The number of carbonyl (C=O) groups excluding carboxylic acids is 1. The van der Waals surface area contributed by atoms with Gasteiger partial charge in [-0.1, -0.05) is 6.58 Å². The topological polar surface area (TPSA) is 49.3 Å². The molecule has 1 aromatic rings. The van der Waals surface area contributed by atoms with Gasteiger partial charge in [0.15, 0.2) is 5.83 Å². The van der Waals surface area contributed by atoms with E-state index in [2.05, 4.69) is 11.9 Å². The lowest BCUT2D eigenvalue weighted by Gasteiger charge is -2.01. The van der Waals surface area contributed by atoms with Gasteiger partial charge in [-0.2, -0.15) is 0 Å². The SMILES string of the molecule is C=C(F)C(=O)Nc1ccc(O)cc1. The van der Waals surface area contributed by atoms with Crippen molar-refractivity contribution in [2.45, 2.75) is 0 Å². The molecule has 4 heteroatoms. The minimum Gasteiger partial charge on any atom is -0.508 e. The number of carbonyl (C=O) groups is 1. The van der Waals surface area contributed by atoms with Gasteiger partial charge in [0.1, 0.15) is 5.75 Å². The summed E-state index contributed by atoms with van der Waals surface area (Å²) in [6.45, 7) is 2.84. The molecule has 0 aliphatic carbocycles. The van der Waals surface area contributed by atoms with Crippen molar-refractivity contribution in [2.75, 3.05) is 5.32 Å². The van der Waals surface area contributed by atoms with E-state index >= 15 is 0 Å². The molecule has 0 radical (unpaired) electrons. The molecule has 0 atom stereocenters. The molecular formula is C9H8FNO2. The second-order valence-electron chi connectivity index (χ2n) is 2.41. The van der Waals surface area contributed by atoms with E-state index in [1.165, 1.54) is 24.3 Å². The van der Waals surface area contributed by atoms with Crippen LogP contribution in [-0.2, 0) is 4.79 Å². The Morgan fingerprint density at radius 1 is 1.38 bits per heavy atom. The van der Waals surface area contributed by atoms with Crippen molar-refractivity contribution in [1.82, 2.24) is 0 Å². The minimum atomic E-state index is -1.05. The van der Waals surface area contributed by atoms with E-state index in [0.717, 1.165) is 0 Å². The highest BCUT2D eigenvalue weighted by molar-refractivity contribution is 6.01. The standard InChI is InChI=1S/C9H8FNO2/c1-6(10)9(13)11-7-2-4-8(12)5-3-7/h2-5,12H,1H2,(H,11,13). The molecule has 0 saturated heterocycles. The molecule has 0 bridgehead atoms. The molecule has 0 fully saturated rings. The quantitative estimate of drug-likeness (QED) is 0.540. The first kappa shape index (κ1) is 9.25. The molecule has 0 unspecified atom stereocenters. The van der Waals surface area contributed by atoms with Gasteiger partial charge in [-0.3, -0.25) is 4.79 Å². The molecule has 68 valence electrons. The zero-order valence-corrected chi connectivity index (χ0v) is 6.75. The lowest BCUT2D eigenvalue weighted by atomic mass is 10.3. The van der Waals surface area contributed by atoms with Crippen LogP contribution in [0.1, 0.15) is 0 Å². The second-order valence-corrected chi connectivity index (χ2v) is 2.41. The fourth-order valence-electron chi connectivity index (χ4n) is 0.744. The van der Waals surface area contributed by atoms with Crippen LogP contribution in [0.15, 0.2) is 36.7 Å². The van der Waals surface area contributed by atoms with Gasteiger partial charge in [0.25, 0.3) is 5.91 Å². The highest BCUT2D eigenvalue weighted by Crippen LogP contribution is 2.14. The zero-order valence-electron chi connectivity index (χ0n) is 6.75. The second kappa shape index (κ2) is 3.71. The number of hydrogen-bond donors (Lipinski definition) is 2. The maximum Gasteiger partial charge on any atom is 0.283 e. The summed E-state index contributed by atoms with van der Waals surface area (Å²) in [5.41, 5.74) is 0.404. The smallest absolute Gasteiger partial charge is 0.283 e.